The Morgan fingerprint density at radius 1 is 1.12 bits per heavy atom. The van der Waals surface area contributed by atoms with Gasteiger partial charge < -0.3 is 9.47 Å². The van der Waals surface area contributed by atoms with Crippen molar-refractivity contribution in [1.29, 1.82) is 0 Å². The number of hydrogen-bond acceptors (Lipinski definition) is 5. The van der Waals surface area contributed by atoms with Crippen molar-refractivity contribution in [1.82, 2.24) is 5.01 Å². The summed E-state index contributed by atoms with van der Waals surface area (Å²) >= 11 is 9.86. The number of carbonyl (C=O) groups excluding carboxylic acids is 2. The van der Waals surface area contributed by atoms with Crippen LogP contribution in [0.3, 0.4) is 0 Å². The third kappa shape index (κ3) is 3.63. The molecule has 6 nitrogen and oxygen atoms in total. The largest absolute Gasteiger partial charge is 0.493 e. The molecule has 2 aromatic rings. The zero-order valence-electron chi connectivity index (χ0n) is 17.2. The number of allylic oxidation sites excluding steroid dienone is 2. The number of fused-ring (bicyclic) bond motifs is 5. The van der Waals surface area contributed by atoms with Crippen molar-refractivity contribution >= 4 is 45.6 Å². The van der Waals surface area contributed by atoms with Crippen LogP contribution < -0.4 is 9.47 Å². The molecule has 1 heterocycles. The molecule has 2 bridgehead atoms. The molecule has 0 radical (unpaired) electrons. The number of amides is 2. The van der Waals surface area contributed by atoms with Crippen molar-refractivity contribution in [3.63, 3.8) is 0 Å². The Labute approximate surface area is 199 Å². The van der Waals surface area contributed by atoms with E-state index in [0.717, 1.165) is 21.5 Å². The van der Waals surface area contributed by atoms with E-state index in [1.54, 1.807) is 12.1 Å². The standard InChI is InChI=1S/C24H20BrClN2O4/c1-31-19-9-14(8-18(26)22(19)32-12-13-2-6-17(25)7-3-13)11-27-28-23(29)20-15-4-5-16(10-15)21(20)24(28)30/h2-9,11,15-16,20-21H,10,12H2,1H3/t15-,16-,20-,21+/m0/s1. The van der Waals surface area contributed by atoms with Gasteiger partial charge in [0.05, 0.1) is 30.2 Å². The fraction of sp³-hybridized carbons (Fsp3) is 0.292. The molecule has 3 aliphatic rings. The zero-order chi connectivity index (χ0) is 22.4. The maximum atomic E-state index is 12.8. The van der Waals surface area contributed by atoms with E-state index >= 15 is 0 Å². The molecule has 0 aromatic heterocycles. The minimum atomic E-state index is -0.276. The molecule has 8 heteroatoms. The molecule has 2 amide bonds. The predicted molar refractivity (Wildman–Crippen MR) is 124 cm³/mol. The van der Waals surface area contributed by atoms with Crippen LogP contribution in [-0.4, -0.2) is 30.1 Å². The van der Waals surface area contributed by atoms with E-state index in [4.69, 9.17) is 21.1 Å². The Balaban J connectivity index is 1.33. The van der Waals surface area contributed by atoms with Gasteiger partial charge >= 0.3 is 0 Å². The van der Waals surface area contributed by atoms with Crippen molar-refractivity contribution < 1.29 is 19.1 Å². The molecule has 0 spiro atoms. The van der Waals surface area contributed by atoms with Gasteiger partial charge in [-0.1, -0.05) is 51.8 Å². The van der Waals surface area contributed by atoms with Crippen LogP contribution in [0.2, 0.25) is 5.02 Å². The zero-order valence-corrected chi connectivity index (χ0v) is 19.5. The van der Waals surface area contributed by atoms with Gasteiger partial charge in [-0.25, -0.2) is 0 Å². The van der Waals surface area contributed by atoms with E-state index in [0.29, 0.717) is 28.7 Å². The fourth-order valence-electron chi connectivity index (χ4n) is 4.82. The van der Waals surface area contributed by atoms with Crippen LogP contribution in [-0.2, 0) is 16.2 Å². The molecule has 0 unspecified atom stereocenters. The summed E-state index contributed by atoms with van der Waals surface area (Å²) in [6.07, 6.45) is 6.46. The number of nitrogens with zero attached hydrogens (tertiary/aromatic N) is 2. The summed E-state index contributed by atoms with van der Waals surface area (Å²) in [5.41, 5.74) is 1.58. The van der Waals surface area contributed by atoms with Crippen LogP contribution in [0, 0.1) is 23.7 Å². The average Bonchev–Trinajstić information content (AvgIpc) is 3.46. The van der Waals surface area contributed by atoms with E-state index in [2.05, 4.69) is 33.2 Å². The first kappa shape index (κ1) is 21.2. The third-order valence-electron chi connectivity index (χ3n) is 6.32. The lowest BCUT2D eigenvalue weighted by molar-refractivity contribution is -0.140. The van der Waals surface area contributed by atoms with Crippen molar-refractivity contribution in [3.8, 4) is 11.5 Å². The van der Waals surface area contributed by atoms with Gasteiger partial charge in [-0.15, -0.1) is 0 Å². The Morgan fingerprint density at radius 3 is 2.41 bits per heavy atom. The average molecular weight is 516 g/mol. The molecule has 0 N–H and O–H groups in total. The highest BCUT2D eigenvalue weighted by Gasteiger charge is 2.59. The lowest BCUT2D eigenvalue weighted by Gasteiger charge is -2.14. The van der Waals surface area contributed by atoms with Crippen molar-refractivity contribution in [2.75, 3.05) is 7.11 Å². The Morgan fingerprint density at radius 2 is 1.78 bits per heavy atom. The second-order valence-electron chi connectivity index (χ2n) is 8.18. The van der Waals surface area contributed by atoms with Crippen LogP contribution in [0.5, 0.6) is 11.5 Å². The molecule has 5 rings (SSSR count). The van der Waals surface area contributed by atoms with Crippen LogP contribution in [0.4, 0.5) is 0 Å². The van der Waals surface area contributed by atoms with Gasteiger partial charge in [0.15, 0.2) is 11.5 Å². The number of benzene rings is 2. The molecule has 1 aliphatic heterocycles. The molecular formula is C24H20BrClN2O4. The molecule has 1 saturated heterocycles. The predicted octanol–water partition coefficient (Wildman–Crippen LogP) is 4.83. The monoisotopic (exact) mass is 514 g/mol. The number of hydrogen-bond donors (Lipinski definition) is 0. The summed E-state index contributed by atoms with van der Waals surface area (Å²) in [6, 6.07) is 11.2. The van der Waals surface area contributed by atoms with E-state index < -0.39 is 0 Å². The number of methoxy groups -OCH3 is 1. The van der Waals surface area contributed by atoms with Crippen LogP contribution in [0.15, 0.2) is 58.1 Å². The summed E-state index contributed by atoms with van der Waals surface area (Å²) in [5.74, 6) is 0.163. The molecule has 32 heavy (non-hydrogen) atoms. The summed E-state index contributed by atoms with van der Waals surface area (Å²) in [6.45, 7) is 0.326. The third-order valence-corrected chi connectivity index (χ3v) is 7.13. The maximum Gasteiger partial charge on any atom is 0.254 e. The fourth-order valence-corrected chi connectivity index (χ4v) is 5.35. The Bertz CT molecular complexity index is 1120. The van der Waals surface area contributed by atoms with Gasteiger partial charge in [0.1, 0.15) is 6.61 Å². The van der Waals surface area contributed by atoms with Crippen molar-refractivity contribution in [3.05, 3.63) is 69.2 Å². The van der Waals surface area contributed by atoms with E-state index in [9.17, 15) is 9.59 Å². The Hall–Kier alpha value is -2.64. The minimum absolute atomic E-state index is 0.151. The summed E-state index contributed by atoms with van der Waals surface area (Å²) in [7, 11) is 1.52. The summed E-state index contributed by atoms with van der Waals surface area (Å²) < 4.78 is 12.3. The van der Waals surface area contributed by atoms with Gasteiger partial charge in [0.25, 0.3) is 11.8 Å². The van der Waals surface area contributed by atoms with E-state index in [1.165, 1.54) is 13.3 Å². The normalized spacial score (nSPS) is 25.8. The van der Waals surface area contributed by atoms with E-state index in [-0.39, 0.29) is 35.5 Å². The number of carbonyl (C=O) groups is 2. The molecule has 4 atom stereocenters. The second kappa shape index (κ2) is 8.37. The quantitative estimate of drug-likeness (QED) is 0.314. The Kier molecular flexibility index (Phi) is 5.55. The van der Waals surface area contributed by atoms with Gasteiger partial charge in [-0.3, -0.25) is 9.59 Å². The van der Waals surface area contributed by atoms with Crippen molar-refractivity contribution in [2.45, 2.75) is 13.0 Å². The van der Waals surface area contributed by atoms with Crippen LogP contribution in [0.1, 0.15) is 17.5 Å². The van der Waals surface area contributed by atoms with Crippen LogP contribution >= 0.6 is 27.5 Å². The summed E-state index contributed by atoms with van der Waals surface area (Å²) in [4.78, 5) is 25.6. The molecular weight excluding hydrogens is 496 g/mol. The first-order valence-corrected chi connectivity index (χ1v) is 11.5. The number of halogens is 2. The minimum Gasteiger partial charge on any atom is -0.493 e. The number of ether oxygens (including phenoxy) is 2. The summed E-state index contributed by atoms with van der Waals surface area (Å²) in [5, 5.41) is 5.57. The number of imide groups is 1. The molecule has 2 aliphatic carbocycles. The second-order valence-corrected chi connectivity index (χ2v) is 9.50. The number of hydrazone groups is 1. The first-order chi connectivity index (χ1) is 15.5. The van der Waals surface area contributed by atoms with Gasteiger partial charge in [0.2, 0.25) is 0 Å². The smallest absolute Gasteiger partial charge is 0.254 e. The molecule has 2 aromatic carbocycles. The lowest BCUT2D eigenvalue weighted by Crippen LogP contribution is -2.28. The first-order valence-electron chi connectivity index (χ1n) is 10.3. The van der Waals surface area contributed by atoms with Crippen molar-refractivity contribution in [2.24, 2.45) is 28.8 Å². The molecule has 2 fully saturated rings. The molecule has 1 saturated carbocycles. The molecule has 164 valence electrons. The van der Waals surface area contributed by atoms with Crippen LogP contribution in [0.25, 0.3) is 0 Å². The van der Waals surface area contributed by atoms with Gasteiger partial charge in [-0.05, 0) is 53.6 Å². The highest BCUT2D eigenvalue weighted by Crippen LogP contribution is 2.52. The van der Waals surface area contributed by atoms with Gasteiger partial charge in [0, 0.05) is 4.47 Å². The topological polar surface area (TPSA) is 68.2 Å². The maximum absolute atomic E-state index is 12.8. The highest BCUT2D eigenvalue weighted by atomic mass is 79.9. The lowest BCUT2D eigenvalue weighted by atomic mass is 9.85. The SMILES string of the molecule is COc1cc(C=NN2C(=O)[C@@H]3[C@H](C2=O)[C@H]2C=C[C@H]3C2)cc(Cl)c1OCc1ccc(Br)cc1. The van der Waals surface area contributed by atoms with E-state index in [1.807, 2.05) is 24.3 Å². The number of rotatable bonds is 6. The van der Waals surface area contributed by atoms with Gasteiger partial charge in [-0.2, -0.15) is 10.1 Å². The highest BCUT2D eigenvalue weighted by molar-refractivity contribution is 9.10.